The first kappa shape index (κ1) is 10.0. The lowest BCUT2D eigenvalue weighted by Gasteiger charge is -2.08. The van der Waals surface area contributed by atoms with Gasteiger partial charge in [0.15, 0.2) is 0 Å². The fraction of sp³-hybridized carbons (Fsp3) is 1.00. The molecule has 0 aromatic heterocycles. The van der Waals surface area contributed by atoms with Crippen LogP contribution in [0.25, 0.3) is 0 Å². The highest BCUT2D eigenvalue weighted by Gasteiger charge is 1.94. The molecule has 12 heavy (non-hydrogen) atoms. The van der Waals surface area contributed by atoms with Gasteiger partial charge in [-0.2, -0.15) is 0 Å². The molecule has 0 atom stereocenters. The zero-order chi connectivity index (χ0) is 8.49. The standard InChI is InChI=1S/C10H22N2/c1-3-7-11-9-5-2-6-10-12-8-4-1/h11-12H,1-10H2. The van der Waals surface area contributed by atoms with Gasteiger partial charge in [0.2, 0.25) is 0 Å². The summed E-state index contributed by atoms with van der Waals surface area (Å²) in [6, 6.07) is 0. The Morgan fingerprint density at radius 2 is 0.750 bits per heavy atom. The van der Waals surface area contributed by atoms with Crippen molar-refractivity contribution in [1.29, 1.82) is 0 Å². The van der Waals surface area contributed by atoms with Crippen LogP contribution in [-0.2, 0) is 0 Å². The van der Waals surface area contributed by atoms with Crippen LogP contribution in [0.2, 0.25) is 0 Å². The predicted molar refractivity (Wildman–Crippen MR) is 53.4 cm³/mol. The summed E-state index contributed by atoms with van der Waals surface area (Å²) in [7, 11) is 0. The van der Waals surface area contributed by atoms with E-state index in [2.05, 4.69) is 10.6 Å². The Morgan fingerprint density at radius 1 is 0.417 bits per heavy atom. The molecule has 2 nitrogen and oxygen atoms in total. The Hall–Kier alpha value is -0.0800. The van der Waals surface area contributed by atoms with Crippen LogP contribution in [0.4, 0.5) is 0 Å². The monoisotopic (exact) mass is 170 g/mol. The van der Waals surface area contributed by atoms with E-state index in [1.807, 2.05) is 0 Å². The SMILES string of the molecule is C1CCNCCCCCNCC1. The smallest absolute Gasteiger partial charge is 0.00489 e. The molecule has 2 heteroatoms. The van der Waals surface area contributed by atoms with Gasteiger partial charge in [-0.25, -0.2) is 0 Å². The summed E-state index contributed by atoms with van der Waals surface area (Å²) in [5, 5.41) is 6.97. The first-order chi connectivity index (χ1) is 6.00. The number of hydrogen-bond donors (Lipinski definition) is 2. The van der Waals surface area contributed by atoms with E-state index < -0.39 is 0 Å². The van der Waals surface area contributed by atoms with Gasteiger partial charge in [0, 0.05) is 0 Å². The highest BCUT2D eigenvalue weighted by atomic mass is 14.9. The van der Waals surface area contributed by atoms with Crippen LogP contribution in [0.15, 0.2) is 0 Å². The van der Waals surface area contributed by atoms with Crippen LogP contribution in [0.5, 0.6) is 0 Å². The van der Waals surface area contributed by atoms with Crippen molar-refractivity contribution >= 4 is 0 Å². The number of rotatable bonds is 0. The van der Waals surface area contributed by atoms with Crippen molar-refractivity contribution in [3.63, 3.8) is 0 Å². The average molecular weight is 170 g/mol. The van der Waals surface area contributed by atoms with E-state index in [0.29, 0.717) is 0 Å². The molecular formula is C10H22N2. The van der Waals surface area contributed by atoms with E-state index in [4.69, 9.17) is 0 Å². The summed E-state index contributed by atoms with van der Waals surface area (Å²) >= 11 is 0. The second-order valence-corrected chi connectivity index (χ2v) is 3.62. The summed E-state index contributed by atoms with van der Waals surface area (Å²) < 4.78 is 0. The summed E-state index contributed by atoms with van der Waals surface area (Å²) in [5.41, 5.74) is 0. The molecule has 1 saturated heterocycles. The largest absolute Gasteiger partial charge is 0.317 e. The van der Waals surface area contributed by atoms with Gasteiger partial charge in [-0.15, -0.1) is 0 Å². The molecule has 0 bridgehead atoms. The molecule has 1 rings (SSSR count). The minimum absolute atomic E-state index is 1.22. The van der Waals surface area contributed by atoms with Crippen LogP contribution >= 0.6 is 0 Å². The van der Waals surface area contributed by atoms with E-state index in [9.17, 15) is 0 Å². The van der Waals surface area contributed by atoms with Gasteiger partial charge in [-0.3, -0.25) is 0 Å². The minimum atomic E-state index is 1.22. The van der Waals surface area contributed by atoms with Gasteiger partial charge in [0.1, 0.15) is 0 Å². The zero-order valence-corrected chi connectivity index (χ0v) is 8.07. The Balaban J connectivity index is 2.00. The van der Waals surface area contributed by atoms with Crippen LogP contribution in [0, 0.1) is 0 Å². The third kappa shape index (κ3) is 5.56. The molecule has 0 saturated carbocycles. The van der Waals surface area contributed by atoms with Crippen molar-refractivity contribution in [2.45, 2.75) is 38.5 Å². The molecular weight excluding hydrogens is 148 g/mol. The molecule has 0 aromatic rings. The molecule has 0 spiro atoms. The lowest BCUT2D eigenvalue weighted by atomic mass is 10.2. The van der Waals surface area contributed by atoms with Crippen molar-refractivity contribution in [2.24, 2.45) is 0 Å². The van der Waals surface area contributed by atoms with E-state index in [-0.39, 0.29) is 0 Å². The van der Waals surface area contributed by atoms with E-state index in [1.54, 1.807) is 0 Å². The molecule has 1 heterocycles. The third-order valence-electron chi connectivity index (χ3n) is 2.41. The molecule has 0 aromatic carbocycles. The van der Waals surface area contributed by atoms with Gasteiger partial charge < -0.3 is 10.6 Å². The molecule has 72 valence electrons. The Kier molecular flexibility index (Phi) is 6.30. The lowest BCUT2D eigenvalue weighted by Crippen LogP contribution is -2.21. The summed E-state index contributed by atoms with van der Waals surface area (Å²) in [4.78, 5) is 0. The Bertz CT molecular complexity index is 50.8. The quantitative estimate of drug-likeness (QED) is 0.576. The maximum Gasteiger partial charge on any atom is -0.00489 e. The number of nitrogens with one attached hydrogen (secondary N) is 2. The molecule has 0 aliphatic carbocycles. The van der Waals surface area contributed by atoms with Crippen molar-refractivity contribution in [2.75, 3.05) is 26.2 Å². The molecule has 1 fully saturated rings. The van der Waals surface area contributed by atoms with Crippen molar-refractivity contribution in [3.05, 3.63) is 0 Å². The highest BCUT2D eigenvalue weighted by Crippen LogP contribution is 1.97. The first-order valence-electron chi connectivity index (χ1n) is 5.41. The fourth-order valence-corrected chi connectivity index (χ4v) is 1.60. The Labute approximate surface area is 76.1 Å². The number of hydrogen-bond acceptors (Lipinski definition) is 2. The average Bonchev–Trinajstić information content (AvgIpc) is 2.05. The van der Waals surface area contributed by atoms with Crippen molar-refractivity contribution in [1.82, 2.24) is 10.6 Å². The van der Waals surface area contributed by atoms with Crippen LogP contribution in [0.3, 0.4) is 0 Å². The molecule has 0 amide bonds. The van der Waals surface area contributed by atoms with E-state index in [0.717, 1.165) is 0 Å². The second-order valence-electron chi connectivity index (χ2n) is 3.62. The second kappa shape index (κ2) is 7.56. The highest BCUT2D eigenvalue weighted by molar-refractivity contribution is 4.55. The van der Waals surface area contributed by atoms with Gasteiger partial charge in [0.25, 0.3) is 0 Å². The topological polar surface area (TPSA) is 24.1 Å². The maximum atomic E-state index is 3.48. The predicted octanol–water partition coefficient (Wildman–Crippen LogP) is 1.52. The lowest BCUT2D eigenvalue weighted by molar-refractivity contribution is 0.520. The molecule has 1 aliphatic rings. The normalized spacial score (nSPS) is 24.0. The zero-order valence-electron chi connectivity index (χ0n) is 8.07. The van der Waals surface area contributed by atoms with Crippen molar-refractivity contribution in [3.8, 4) is 0 Å². The van der Waals surface area contributed by atoms with Crippen LogP contribution in [-0.4, -0.2) is 26.2 Å². The van der Waals surface area contributed by atoms with E-state index >= 15 is 0 Å². The minimum Gasteiger partial charge on any atom is -0.317 e. The molecule has 2 N–H and O–H groups in total. The fourth-order valence-electron chi connectivity index (χ4n) is 1.60. The Morgan fingerprint density at radius 3 is 1.08 bits per heavy atom. The van der Waals surface area contributed by atoms with Gasteiger partial charge in [0.05, 0.1) is 0 Å². The summed E-state index contributed by atoms with van der Waals surface area (Å²) in [6.45, 7) is 4.89. The van der Waals surface area contributed by atoms with Gasteiger partial charge in [-0.05, 0) is 51.9 Å². The third-order valence-corrected chi connectivity index (χ3v) is 2.41. The molecule has 0 unspecified atom stereocenters. The summed E-state index contributed by atoms with van der Waals surface area (Å²) in [5.74, 6) is 0. The summed E-state index contributed by atoms with van der Waals surface area (Å²) in [6.07, 6.45) is 8.15. The molecule has 0 radical (unpaired) electrons. The molecule has 1 aliphatic heterocycles. The maximum absolute atomic E-state index is 3.48. The van der Waals surface area contributed by atoms with Crippen molar-refractivity contribution < 1.29 is 0 Å². The van der Waals surface area contributed by atoms with Crippen LogP contribution < -0.4 is 10.6 Å². The van der Waals surface area contributed by atoms with Gasteiger partial charge in [-0.1, -0.05) is 12.8 Å². The first-order valence-corrected chi connectivity index (χ1v) is 5.41. The van der Waals surface area contributed by atoms with Gasteiger partial charge >= 0.3 is 0 Å². The van der Waals surface area contributed by atoms with E-state index in [1.165, 1.54) is 64.7 Å². The van der Waals surface area contributed by atoms with Crippen LogP contribution in [0.1, 0.15) is 38.5 Å².